The second-order valence-electron chi connectivity index (χ2n) is 5.84. The van der Waals surface area contributed by atoms with Crippen LogP contribution in [-0.4, -0.2) is 8.42 Å². The minimum Gasteiger partial charge on any atom is -0.223 e. The lowest BCUT2D eigenvalue weighted by atomic mass is 10.0. The lowest BCUT2D eigenvalue weighted by Crippen LogP contribution is -2.18. The van der Waals surface area contributed by atoms with Crippen LogP contribution in [0.4, 0.5) is 8.78 Å². The molecule has 0 heterocycles. The first-order chi connectivity index (χ1) is 12.4. The topological polar surface area (TPSA) is 34.1 Å². The standard InChI is InChI=1S/C20H15ClF2O2S/c21-15-6-9-17(10-7-15)26(24,25)20(12-14-4-2-1-3-5-14)18-13-16(22)8-11-19(18)23/h1-11,13,20H,12H2. The van der Waals surface area contributed by atoms with E-state index in [1.54, 1.807) is 30.3 Å². The molecule has 0 amide bonds. The molecule has 2 nitrogen and oxygen atoms in total. The molecule has 3 rings (SSSR count). The molecule has 0 fully saturated rings. The third kappa shape index (κ3) is 3.94. The summed E-state index contributed by atoms with van der Waals surface area (Å²) in [5.74, 6) is -1.45. The van der Waals surface area contributed by atoms with Gasteiger partial charge in [0.15, 0.2) is 9.84 Å². The molecule has 0 radical (unpaired) electrons. The summed E-state index contributed by atoms with van der Waals surface area (Å²) in [6.45, 7) is 0. The van der Waals surface area contributed by atoms with Crippen LogP contribution in [-0.2, 0) is 16.3 Å². The molecule has 0 N–H and O–H groups in total. The molecule has 0 bridgehead atoms. The van der Waals surface area contributed by atoms with E-state index in [-0.39, 0.29) is 16.9 Å². The molecule has 0 saturated carbocycles. The third-order valence-electron chi connectivity index (χ3n) is 4.09. The van der Waals surface area contributed by atoms with E-state index in [0.717, 1.165) is 18.2 Å². The van der Waals surface area contributed by atoms with Crippen LogP contribution in [0.2, 0.25) is 5.02 Å². The highest BCUT2D eigenvalue weighted by Gasteiger charge is 2.32. The van der Waals surface area contributed by atoms with Crippen LogP contribution in [0.25, 0.3) is 0 Å². The fourth-order valence-corrected chi connectivity index (χ4v) is 4.66. The average molecular weight is 393 g/mol. The quantitative estimate of drug-likeness (QED) is 0.584. The summed E-state index contributed by atoms with van der Waals surface area (Å²) in [7, 11) is -3.97. The highest BCUT2D eigenvalue weighted by molar-refractivity contribution is 7.91. The Bertz CT molecular complexity index is 1000. The van der Waals surface area contributed by atoms with Crippen molar-refractivity contribution in [1.82, 2.24) is 0 Å². The van der Waals surface area contributed by atoms with Crippen LogP contribution in [0.3, 0.4) is 0 Å². The Balaban J connectivity index is 2.13. The number of rotatable bonds is 5. The molecule has 6 heteroatoms. The Morgan fingerprint density at radius 3 is 2.19 bits per heavy atom. The maximum Gasteiger partial charge on any atom is 0.185 e. The highest BCUT2D eigenvalue weighted by atomic mass is 35.5. The fourth-order valence-electron chi connectivity index (χ4n) is 2.76. The van der Waals surface area contributed by atoms with E-state index >= 15 is 0 Å². The average Bonchev–Trinajstić information content (AvgIpc) is 2.63. The molecular weight excluding hydrogens is 378 g/mol. The molecule has 3 aromatic carbocycles. The summed E-state index contributed by atoms with van der Waals surface area (Å²) in [6, 6.07) is 17.3. The Morgan fingerprint density at radius 2 is 1.54 bits per heavy atom. The zero-order valence-corrected chi connectivity index (χ0v) is 15.1. The highest BCUT2D eigenvalue weighted by Crippen LogP contribution is 2.34. The summed E-state index contributed by atoms with van der Waals surface area (Å²) in [5.41, 5.74) is 0.516. The minimum absolute atomic E-state index is 0.00601. The van der Waals surface area contributed by atoms with E-state index in [0.29, 0.717) is 10.6 Å². The molecule has 134 valence electrons. The minimum atomic E-state index is -3.97. The van der Waals surface area contributed by atoms with Crippen molar-refractivity contribution in [2.24, 2.45) is 0 Å². The zero-order valence-electron chi connectivity index (χ0n) is 13.6. The predicted molar refractivity (Wildman–Crippen MR) is 97.9 cm³/mol. The molecule has 3 aromatic rings. The summed E-state index contributed by atoms with van der Waals surface area (Å²) in [6.07, 6.45) is 0.0200. The van der Waals surface area contributed by atoms with Crippen molar-refractivity contribution < 1.29 is 17.2 Å². The Kier molecular flexibility index (Phi) is 5.39. The number of hydrogen-bond acceptors (Lipinski definition) is 2. The van der Waals surface area contributed by atoms with Gasteiger partial charge in [-0.05, 0) is 54.4 Å². The van der Waals surface area contributed by atoms with Crippen LogP contribution in [0.5, 0.6) is 0 Å². The Hall–Kier alpha value is -2.24. The first-order valence-corrected chi connectivity index (χ1v) is 9.78. The van der Waals surface area contributed by atoms with E-state index in [4.69, 9.17) is 11.6 Å². The Labute approximate surface area is 156 Å². The molecule has 1 atom stereocenters. The molecule has 0 aromatic heterocycles. The number of hydrogen-bond donors (Lipinski definition) is 0. The SMILES string of the molecule is O=S(=O)(c1ccc(Cl)cc1)C(Cc1ccccc1)c1cc(F)ccc1F. The van der Waals surface area contributed by atoms with E-state index in [1.807, 2.05) is 0 Å². The van der Waals surface area contributed by atoms with E-state index in [9.17, 15) is 17.2 Å². The van der Waals surface area contributed by atoms with Gasteiger partial charge in [-0.25, -0.2) is 17.2 Å². The van der Waals surface area contributed by atoms with Crippen LogP contribution in [0, 0.1) is 11.6 Å². The van der Waals surface area contributed by atoms with Gasteiger partial charge in [0.1, 0.15) is 11.6 Å². The summed E-state index contributed by atoms with van der Waals surface area (Å²) >= 11 is 5.83. The van der Waals surface area contributed by atoms with Crippen molar-refractivity contribution in [3.05, 3.63) is 101 Å². The second kappa shape index (κ2) is 7.56. The maximum atomic E-state index is 14.4. The molecular formula is C20H15ClF2O2S. The van der Waals surface area contributed by atoms with Gasteiger partial charge in [0, 0.05) is 10.6 Å². The normalized spacial score (nSPS) is 12.7. The van der Waals surface area contributed by atoms with Crippen molar-refractivity contribution >= 4 is 21.4 Å². The number of halogens is 3. The predicted octanol–water partition coefficient (Wildman–Crippen LogP) is 5.38. The van der Waals surface area contributed by atoms with Gasteiger partial charge in [-0.1, -0.05) is 41.9 Å². The van der Waals surface area contributed by atoms with Gasteiger partial charge < -0.3 is 0 Å². The van der Waals surface area contributed by atoms with Crippen molar-refractivity contribution in [2.45, 2.75) is 16.6 Å². The van der Waals surface area contributed by atoms with Crippen LogP contribution >= 0.6 is 11.6 Å². The summed E-state index contributed by atoms with van der Waals surface area (Å²) in [4.78, 5) is 0.00601. The molecule has 0 aliphatic heterocycles. The van der Waals surface area contributed by atoms with E-state index in [2.05, 4.69) is 0 Å². The molecule has 0 aliphatic carbocycles. The van der Waals surface area contributed by atoms with Gasteiger partial charge >= 0.3 is 0 Å². The Morgan fingerprint density at radius 1 is 0.885 bits per heavy atom. The van der Waals surface area contributed by atoms with Gasteiger partial charge in [-0.2, -0.15) is 0 Å². The first kappa shape index (κ1) is 18.5. The second-order valence-corrected chi connectivity index (χ2v) is 8.41. The number of benzene rings is 3. The van der Waals surface area contributed by atoms with Gasteiger partial charge in [-0.15, -0.1) is 0 Å². The summed E-state index contributed by atoms with van der Waals surface area (Å²) in [5, 5.41) is -0.873. The molecule has 1 unspecified atom stereocenters. The number of sulfone groups is 1. The van der Waals surface area contributed by atoms with Gasteiger partial charge in [0.05, 0.1) is 10.1 Å². The molecule has 0 spiro atoms. The van der Waals surface area contributed by atoms with Gasteiger partial charge in [-0.3, -0.25) is 0 Å². The van der Waals surface area contributed by atoms with Crippen molar-refractivity contribution in [3.63, 3.8) is 0 Å². The molecule has 0 aliphatic rings. The maximum absolute atomic E-state index is 14.4. The lowest BCUT2D eigenvalue weighted by Gasteiger charge is -2.19. The van der Waals surface area contributed by atoms with E-state index < -0.39 is 26.7 Å². The largest absolute Gasteiger partial charge is 0.223 e. The van der Waals surface area contributed by atoms with E-state index in [1.165, 1.54) is 24.3 Å². The third-order valence-corrected chi connectivity index (χ3v) is 6.44. The fraction of sp³-hybridized carbons (Fsp3) is 0.100. The smallest absolute Gasteiger partial charge is 0.185 e. The summed E-state index contributed by atoms with van der Waals surface area (Å²) < 4.78 is 54.5. The zero-order chi connectivity index (χ0) is 18.7. The molecule has 26 heavy (non-hydrogen) atoms. The molecule has 0 saturated heterocycles. The van der Waals surface area contributed by atoms with Gasteiger partial charge in [0.25, 0.3) is 0 Å². The van der Waals surface area contributed by atoms with Crippen molar-refractivity contribution in [2.75, 3.05) is 0 Å². The lowest BCUT2D eigenvalue weighted by molar-refractivity contribution is 0.558. The first-order valence-electron chi connectivity index (χ1n) is 7.86. The van der Waals surface area contributed by atoms with Crippen molar-refractivity contribution in [3.8, 4) is 0 Å². The van der Waals surface area contributed by atoms with Crippen LogP contribution in [0.15, 0.2) is 77.7 Å². The van der Waals surface area contributed by atoms with Gasteiger partial charge in [0.2, 0.25) is 0 Å². The van der Waals surface area contributed by atoms with Crippen LogP contribution < -0.4 is 0 Å². The monoisotopic (exact) mass is 392 g/mol. The van der Waals surface area contributed by atoms with Crippen molar-refractivity contribution in [1.29, 1.82) is 0 Å². The van der Waals surface area contributed by atoms with Crippen LogP contribution in [0.1, 0.15) is 16.4 Å².